The second-order valence-electron chi connectivity index (χ2n) is 7.25. The molecule has 4 rings (SSSR count). The van der Waals surface area contributed by atoms with Gasteiger partial charge in [0.05, 0.1) is 29.7 Å². The maximum Gasteiger partial charge on any atom is 0.490 e. The number of para-hydroxylation sites is 1. The lowest BCUT2D eigenvalue weighted by Gasteiger charge is -2.18. The Bertz CT molecular complexity index is 1350. The first-order chi connectivity index (χ1) is 17.0. The van der Waals surface area contributed by atoms with Gasteiger partial charge in [-0.25, -0.2) is 22.3 Å². The quantitative estimate of drug-likeness (QED) is 0.485. The predicted octanol–water partition coefficient (Wildman–Crippen LogP) is 2.30. The number of alkyl halides is 4. The number of hydrogen-bond acceptors (Lipinski definition) is 6. The molecule has 0 aliphatic carbocycles. The van der Waals surface area contributed by atoms with Crippen molar-refractivity contribution in [2.75, 3.05) is 13.2 Å². The van der Waals surface area contributed by atoms with Crippen molar-refractivity contribution in [1.82, 2.24) is 24.4 Å². The van der Waals surface area contributed by atoms with Crippen LogP contribution in [-0.2, 0) is 27.9 Å². The summed E-state index contributed by atoms with van der Waals surface area (Å²) in [6.45, 7) is -1.01. The Labute approximate surface area is 202 Å². The zero-order valence-electron chi connectivity index (χ0n) is 18.3. The third-order valence-electron chi connectivity index (χ3n) is 4.93. The molecule has 1 aliphatic rings. The van der Waals surface area contributed by atoms with E-state index in [1.807, 2.05) is 0 Å². The van der Waals surface area contributed by atoms with Crippen LogP contribution in [-0.4, -0.2) is 63.9 Å². The average molecular weight is 529 g/mol. The molecule has 2 N–H and O–H groups in total. The number of nitrogens with one attached hydrogen (secondary N) is 1. The third-order valence-corrected chi connectivity index (χ3v) is 6.82. The largest absolute Gasteiger partial charge is 0.490 e. The summed E-state index contributed by atoms with van der Waals surface area (Å²) < 4.78 is 73.3. The highest BCUT2D eigenvalue weighted by atomic mass is 32.2. The summed E-state index contributed by atoms with van der Waals surface area (Å²) in [7, 11) is -3.92. The molecule has 10 nitrogen and oxygen atoms in total. The summed E-state index contributed by atoms with van der Waals surface area (Å²) in [6.07, 6.45) is -0.423. The van der Waals surface area contributed by atoms with Gasteiger partial charge in [0, 0.05) is 25.5 Å². The fraction of sp³-hybridized carbons (Fsp3) is 0.238. The fourth-order valence-electron chi connectivity index (χ4n) is 3.24. The van der Waals surface area contributed by atoms with Crippen LogP contribution in [0.25, 0.3) is 5.69 Å². The molecule has 3 heterocycles. The Morgan fingerprint density at radius 3 is 2.36 bits per heavy atom. The average Bonchev–Trinajstić information content (AvgIpc) is 3.23. The van der Waals surface area contributed by atoms with Gasteiger partial charge in [0.25, 0.3) is 5.91 Å². The lowest BCUT2D eigenvalue weighted by atomic mass is 10.2. The van der Waals surface area contributed by atoms with Crippen LogP contribution in [0, 0.1) is 0 Å². The molecule has 3 aromatic rings. The highest BCUT2D eigenvalue weighted by molar-refractivity contribution is 7.89. The van der Waals surface area contributed by atoms with Crippen LogP contribution in [0.1, 0.15) is 21.6 Å². The summed E-state index contributed by atoms with van der Waals surface area (Å²) in [5.41, 5.74) is 1.84. The first kappa shape index (κ1) is 26.7. The highest BCUT2D eigenvalue weighted by Gasteiger charge is 2.38. The number of rotatable bonds is 5. The number of pyridine rings is 1. The first-order valence-electron chi connectivity index (χ1n) is 10.2. The minimum absolute atomic E-state index is 0.0269. The number of aliphatic carboxylic acids is 1. The Morgan fingerprint density at radius 1 is 1.11 bits per heavy atom. The lowest BCUT2D eigenvalue weighted by Crippen LogP contribution is -2.32. The summed E-state index contributed by atoms with van der Waals surface area (Å²) in [4.78, 5) is 25.6. The monoisotopic (exact) mass is 529 g/mol. The number of nitrogens with zero attached hydrogens (tertiary/aromatic N) is 4. The van der Waals surface area contributed by atoms with Crippen LogP contribution in [0.4, 0.5) is 17.6 Å². The van der Waals surface area contributed by atoms with Gasteiger partial charge < -0.3 is 10.4 Å². The molecule has 0 fully saturated rings. The molecule has 0 spiro atoms. The molecule has 1 amide bonds. The van der Waals surface area contributed by atoms with Gasteiger partial charge in [-0.1, -0.05) is 12.1 Å². The Balaban J connectivity index is 0.000000454. The molecule has 0 unspecified atom stereocenters. The number of carbonyl (C=O) groups is 2. The Morgan fingerprint density at radius 2 is 1.75 bits per heavy atom. The van der Waals surface area contributed by atoms with Gasteiger partial charge in [-0.3, -0.25) is 9.78 Å². The molecular formula is C21H19F4N5O5S. The zero-order chi connectivity index (χ0) is 26.5. The van der Waals surface area contributed by atoms with E-state index in [1.165, 1.54) is 16.9 Å². The van der Waals surface area contributed by atoms with E-state index in [4.69, 9.17) is 9.90 Å². The van der Waals surface area contributed by atoms with E-state index in [0.29, 0.717) is 11.4 Å². The Hall–Kier alpha value is -3.85. The molecule has 0 radical (unpaired) electrons. The van der Waals surface area contributed by atoms with E-state index in [-0.39, 0.29) is 36.0 Å². The molecule has 15 heteroatoms. The summed E-state index contributed by atoms with van der Waals surface area (Å²) in [5, 5.41) is 14.2. The topological polar surface area (TPSA) is 134 Å². The van der Waals surface area contributed by atoms with Gasteiger partial charge in [-0.2, -0.15) is 22.6 Å². The molecule has 0 bridgehead atoms. The van der Waals surface area contributed by atoms with Gasteiger partial charge >= 0.3 is 12.1 Å². The number of sulfonamides is 1. The second-order valence-corrected chi connectivity index (χ2v) is 9.16. The lowest BCUT2D eigenvalue weighted by molar-refractivity contribution is -0.192. The van der Waals surface area contributed by atoms with Crippen molar-refractivity contribution < 1.29 is 40.7 Å². The van der Waals surface area contributed by atoms with Crippen molar-refractivity contribution in [3.8, 4) is 5.69 Å². The van der Waals surface area contributed by atoms with Crippen LogP contribution in [0.2, 0.25) is 0 Å². The van der Waals surface area contributed by atoms with E-state index in [1.54, 1.807) is 42.7 Å². The van der Waals surface area contributed by atoms with Crippen molar-refractivity contribution in [1.29, 1.82) is 0 Å². The summed E-state index contributed by atoms with van der Waals surface area (Å²) in [6, 6.07) is 9.92. The van der Waals surface area contributed by atoms with Crippen molar-refractivity contribution in [2.24, 2.45) is 0 Å². The standard InChI is InChI=1S/C19H18FN5O3S.C2HF3O2/c20-7-10-24-13-17-15(19(26)22-11-14-5-8-21-9-6-14)12-23-25(17)16-3-1-2-4-18(16)29(24,27)28;3-2(4,5)1(6)7/h1-6,8-9,12H,7,10-11,13H2,(H,22,26);(H,6,7). The molecule has 0 atom stereocenters. The van der Waals surface area contributed by atoms with Crippen LogP contribution < -0.4 is 5.32 Å². The van der Waals surface area contributed by atoms with E-state index < -0.39 is 28.8 Å². The summed E-state index contributed by atoms with van der Waals surface area (Å²) in [5.74, 6) is -3.15. The summed E-state index contributed by atoms with van der Waals surface area (Å²) >= 11 is 0. The molecule has 36 heavy (non-hydrogen) atoms. The van der Waals surface area contributed by atoms with E-state index in [0.717, 1.165) is 9.87 Å². The van der Waals surface area contributed by atoms with Crippen LogP contribution in [0.15, 0.2) is 59.9 Å². The normalized spacial score (nSPS) is 14.4. The van der Waals surface area contributed by atoms with Crippen molar-refractivity contribution in [3.05, 3.63) is 71.8 Å². The van der Waals surface area contributed by atoms with Crippen LogP contribution in [0.3, 0.4) is 0 Å². The molecule has 1 aliphatic heterocycles. The number of amides is 1. The maximum absolute atomic E-state index is 13.1. The van der Waals surface area contributed by atoms with Crippen molar-refractivity contribution >= 4 is 21.9 Å². The van der Waals surface area contributed by atoms with E-state index in [9.17, 15) is 30.8 Å². The van der Waals surface area contributed by atoms with Gasteiger partial charge in [-0.15, -0.1) is 0 Å². The van der Waals surface area contributed by atoms with Crippen molar-refractivity contribution in [2.45, 2.75) is 24.2 Å². The predicted molar refractivity (Wildman–Crippen MR) is 116 cm³/mol. The van der Waals surface area contributed by atoms with Crippen molar-refractivity contribution in [3.63, 3.8) is 0 Å². The molecule has 2 aromatic heterocycles. The molecule has 192 valence electrons. The SMILES string of the molecule is O=C(NCc1ccncc1)c1cnn2c1CN(CCF)S(=O)(=O)c1ccccc1-2.O=C(O)C(F)(F)F. The van der Waals surface area contributed by atoms with Gasteiger partial charge in [0.2, 0.25) is 10.0 Å². The number of carbonyl (C=O) groups excluding carboxylic acids is 1. The number of halogens is 4. The van der Waals surface area contributed by atoms with E-state index in [2.05, 4.69) is 15.4 Å². The molecule has 1 aromatic carbocycles. The molecular weight excluding hydrogens is 510 g/mol. The highest BCUT2D eigenvalue weighted by Crippen LogP contribution is 2.30. The fourth-order valence-corrected chi connectivity index (χ4v) is 4.79. The van der Waals surface area contributed by atoms with Crippen LogP contribution in [0.5, 0.6) is 0 Å². The number of carboxylic acid groups (broad SMARTS) is 1. The minimum atomic E-state index is -5.08. The number of benzene rings is 1. The molecule has 0 saturated heterocycles. The smallest absolute Gasteiger partial charge is 0.475 e. The van der Waals surface area contributed by atoms with Crippen LogP contribution >= 0.6 is 0 Å². The van der Waals surface area contributed by atoms with Gasteiger partial charge in [0.15, 0.2) is 0 Å². The van der Waals surface area contributed by atoms with Gasteiger partial charge in [0.1, 0.15) is 11.6 Å². The number of aromatic nitrogens is 3. The minimum Gasteiger partial charge on any atom is -0.475 e. The number of fused-ring (bicyclic) bond motifs is 3. The number of carboxylic acids is 1. The maximum atomic E-state index is 13.1. The first-order valence-corrected chi connectivity index (χ1v) is 11.6. The second kappa shape index (κ2) is 10.8. The number of hydrogen-bond donors (Lipinski definition) is 2. The van der Waals surface area contributed by atoms with Gasteiger partial charge in [-0.05, 0) is 29.8 Å². The third kappa shape index (κ3) is 5.85. The molecule has 0 saturated carbocycles. The van der Waals surface area contributed by atoms with E-state index >= 15 is 0 Å². The Kier molecular flexibility index (Phi) is 8.04. The zero-order valence-corrected chi connectivity index (χ0v) is 19.1.